The molecule has 0 spiro atoms. The van der Waals surface area contributed by atoms with Crippen LogP contribution in [0.15, 0.2) is 43.1 Å². The predicted octanol–water partition coefficient (Wildman–Crippen LogP) is 3.44. The summed E-state index contributed by atoms with van der Waals surface area (Å²) in [5.74, 6) is 0. The van der Waals surface area contributed by atoms with E-state index in [1.807, 2.05) is 0 Å². The first-order valence-electron chi connectivity index (χ1n) is 4.95. The first-order valence-corrected chi connectivity index (χ1v) is 4.95. The zero-order valence-corrected chi connectivity index (χ0v) is 8.70. The molecule has 1 nitrogen and oxygen atoms in total. The molecule has 0 saturated heterocycles. The van der Waals surface area contributed by atoms with Gasteiger partial charge < -0.3 is 4.90 Å². The minimum atomic E-state index is 0.487. The van der Waals surface area contributed by atoms with Gasteiger partial charge in [0.15, 0.2) is 0 Å². The number of fused-ring (bicyclic) bond motifs is 1. The lowest BCUT2D eigenvalue weighted by molar-refractivity contribution is 0.779. The molecule has 72 valence electrons. The second-order valence-corrected chi connectivity index (χ2v) is 3.86. The van der Waals surface area contributed by atoms with Gasteiger partial charge in [0, 0.05) is 23.5 Å². The Hall–Kier alpha value is -1.50. The number of hydrogen-bond acceptors (Lipinski definition) is 1. The molecular weight excluding hydrogens is 170 g/mol. The van der Waals surface area contributed by atoms with Crippen molar-refractivity contribution >= 4 is 11.3 Å². The average Bonchev–Trinajstić information content (AvgIpc) is 2.18. The Bertz CT molecular complexity index is 388. The fraction of sp³-hybridized carbons (Fsp3) is 0.231. The van der Waals surface area contributed by atoms with Crippen LogP contribution < -0.4 is 4.90 Å². The molecule has 14 heavy (non-hydrogen) atoms. The highest BCUT2D eigenvalue weighted by atomic mass is 15.1. The Morgan fingerprint density at radius 3 is 2.64 bits per heavy atom. The van der Waals surface area contributed by atoms with E-state index in [1.54, 1.807) is 0 Å². The molecule has 0 atom stereocenters. The van der Waals surface area contributed by atoms with Crippen molar-refractivity contribution in [2.75, 3.05) is 4.90 Å². The second kappa shape index (κ2) is 3.33. The summed E-state index contributed by atoms with van der Waals surface area (Å²) in [7, 11) is 0. The largest absolute Gasteiger partial charge is 0.345 e. The molecule has 0 amide bonds. The summed E-state index contributed by atoms with van der Waals surface area (Å²) in [4.78, 5) is 2.27. The van der Waals surface area contributed by atoms with Gasteiger partial charge >= 0.3 is 0 Å². The Balaban J connectivity index is 2.53. The quantitative estimate of drug-likeness (QED) is 0.647. The molecule has 1 aromatic carbocycles. The minimum Gasteiger partial charge on any atom is -0.345 e. The highest BCUT2D eigenvalue weighted by Gasteiger charge is 2.15. The molecule has 1 aliphatic heterocycles. The number of anilines is 1. The molecule has 1 aliphatic rings. The van der Waals surface area contributed by atoms with Crippen molar-refractivity contribution in [3.05, 3.63) is 48.7 Å². The molecule has 0 unspecified atom stereocenters. The summed E-state index contributed by atoms with van der Waals surface area (Å²) in [6.45, 7) is 8.42. The summed E-state index contributed by atoms with van der Waals surface area (Å²) in [5, 5.41) is 0. The van der Waals surface area contributed by atoms with E-state index >= 15 is 0 Å². The second-order valence-electron chi connectivity index (χ2n) is 3.86. The third-order valence-electron chi connectivity index (χ3n) is 2.52. The smallest absolute Gasteiger partial charge is 0.0487 e. The Morgan fingerprint density at radius 2 is 1.93 bits per heavy atom. The third kappa shape index (κ3) is 1.35. The van der Waals surface area contributed by atoms with Crippen molar-refractivity contribution < 1.29 is 0 Å². The summed E-state index contributed by atoms with van der Waals surface area (Å²) in [6.07, 6.45) is 4.18. The topological polar surface area (TPSA) is 3.24 Å². The molecule has 1 heterocycles. The number of benzene rings is 1. The van der Waals surface area contributed by atoms with Crippen molar-refractivity contribution in [1.29, 1.82) is 0 Å². The van der Waals surface area contributed by atoms with Crippen LogP contribution in [0.25, 0.3) is 5.57 Å². The van der Waals surface area contributed by atoms with Crippen LogP contribution in [0.5, 0.6) is 0 Å². The third-order valence-corrected chi connectivity index (χ3v) is 2.52. The lowest BCUT2D eigenvalue weighted by Gasteiger charge is -2.30. The van der Waals surface area contributed by atoms with Gasteiger partial charge in [-0.05, 0) is 31.6 Å². The normalized spacial score (nSPS) is 14.8. The summed E-state index contributed by atoms with van der Waals surface area (Å²) < 4.78 is 0. The van der Waals surface area contributed by atoms with Crippen LogP contribution >= 0.6 is 0 Å². The van der Waals surface area contributed by atoms with Crippen LogP contribution in [-0.4, -0.2) is 6.04 Å². The molecule has 0 aliphatic carbocycles. The van der Waals surface area contributed by atoms with Crippen LogP contribution in [0.2, 0.25) is 0 Å². The molecule has 0 fully saturated rings. The van der Waals surface area contributed by atoms with Gasteiger partial charge in [0.05, 0.1) is 0 Å². The summed E-state index contributed by atoms with van der Waals surface area (Å²) in [6, 6.07) is 8.88. The molecular formula is C13H15N. The fourth-order valence-electron chi connectivity index (χ4n) is 1.76. The van der Waals surface area contributed by atoms with Gasteiger partial charge in [-0.1, -0.05) is 24.8 Å². The van der Waals surface area contributed by atoms with Gasteiger partial charge in [-0.3, -0.25) is 0 Å². The van der Waals surface area contributed by atoms with Crippen molar-refractivity contribution in [2.45, 2.75) is 19.9 Å². The molecule has 1 heteroatoms. The van der Waals surface area contributed by atoms with E-state index in [9.17, 15) is 0 Å². The Kier molecular flexibility index (Phi) is 2.16. The first-order chi connectivity index (χ1) is 6.70. The molecule has 0 aromatic heterocycles. The lowest BCUT2D eigenvalue weighted by atomic mass is 10.0. The van der Waals surface area contributed by atoms with Gasteiger partial charge in [-0.2, -0.15) is 0 Å². The zero-order chi connectivity index (χ0) is 10.1. The predicted molar refractivity (Wildman–Crippen MR) is 62.2 cm³/mol. The van der Waals surface area contributed by atoms with Gasteiger partial charge in [0.2, 0.25) is 0 Å². The molecule has 0 N–H and O–H groups in total. The van der Waals surface area contributed by atoms with Crippen molar-refractivity contribution in [3.8, 4) is 0 Å². The average molecular weight is 185 g/mol. The van der Waals surface area contributed by atoms with Gasteiger partial charge in [0.25, 0.3) is 0 Å². The number of allylic oxidation sites excluding steroid dienone is 2. The van der Waals surface area contributed by atoms with Crippen LogP contribution in [0, 0.1) is 0 Å². The van der Waals surface area contributed by atoms with Gasteiger partial charge in [0.1, 0.15) is 0 Å². The highest BCUT2D eigenvalue weighted by Crippen LogP contribution is 2.32. The lowest BCUT2D eigenvalue weighted by Crippen LogP contribution is -2.27. The monoisotopic (exact) mass is 185 g/mol. The number of hydrogen-bond donors (Lipinski definition) is 0. The van der Waals surface area contributed by atoms with Crippen molar-refractivity contribution in [1.82, 2.24) is 0 Å². The van der Waals surface area contributed by atoms with E-state index in [-0.39, 0.29) is 0 Å². The van der Waals surface area contributed by atoms with Gasteiger partial charge in [-0.25, -0.2) is 0 Å². The van der Waals surface area contributed by atoms with Crippen LogP contribution in [0.4, 0.5) is 5.69 Å². The van der Waals surface area contributed by atoms with Crippen molar-refractivity contribution in [3.63, 3.8) is 0 Å². The standard InChI is InChI=1S/C13H15N/c1-10(2)14-9-8-11(3)12-6-4-5-7-13(12)14/h4-10H,3H2,1-2H3. The van der Waals surface area contributed by atoms with E-state index < -0.39 is 0 Å². The maximum absolute atomic E-state index is 4.04. The van der Waals surface area contributed by atoms with Crippen LogP contribution in [0.1, 0.15) is 19.4 Å². The van der Waals surface area contributed by atoms with E-state index in [0.717, 1.165) is 5.57 Å². The highest BCUT2D eigenvalue weighted by molar-refractivity contribution is 5.85. The van der Waals surface area contributed by atoms with Gasteiger partial charge in [-0.15, -0.1) is 0 Å². The van der Waals surface area contributed by atoms with Crippen molar-refractivity contribution in [2.24, 2.45) is 0 Å². The van der Waals surface area contributed by atoms with E-state index in [4.69, 9.17) is 0 Å². The summed E-state index contributed by atoms with van der Waals surface area (Å²) in [5.41, 5.74) is 3.59. The number of nitrogens with zero attached hydrogens (tertiary/aromatic N) is 1. The SMILES string of the molecule is C=C1C=CN(C(C)C)c2ccccc21. The molecule has 2 rings (SSSR count). The molecule has 0 radical (unpaired) electrons. The number of para-hydroxylation sites is 1. The minimum absolute atomic E-state index is 0.487. The van der Waals surface area contributed by atoms with E-state index in [1.165, 1.54) is 11.3 Å². The number of rotatable bonds is 1. The maximum atomic E-state index is 4.04. The fourth-order valence-corrected chi connectivity index (χ4v) is 1.76. The van der Waals surface area contributed by atoms with Crippen LogP contribution in [0.3, 0.4) is 0 Å². The Labute approximate surface area is 85.4 Å². The van der Waals surface area contributed by atoms with E-state index in [0.29, 0.717) is 6.04 Å². The first kappa shape index (κ1) is 9.07. The molecule has 0 saturated carbocycles. The molecule has 1 aromatic rings. The van der Waals surface area contributed by atoms with E-state index in [2.05, 4.69) is 61.9 Å². The zero-order valence-electron chi connectivity index (χ0n) is 8.70. The maximum Gasteiger partial charge on any atom is 0.0487 e. The summed E-state index contributed by atoms with van der Waals surface area (Å²) >= 11 is 0. The van der Waals surface area contributed by atoms with Crippen LogP contribution in [-0.2, 0) is 0 Å². The molecule has 0 bridgehead atoms. The Morgan fingerprint density at radius 1 is 1.21 bits per heavy atom.